The Hall–Kier alpha value is -3.15. The van der Waals surface area contributed by atoms with E-state index in [1.54, 1.807) is 17.7 Å². The highest BCUT2D eigenvalue weighted by Gasteiger charge is 2.32. The second-order valence-corrected chi connectivity index (χ2v) is 9.90. The molecule has 1 aliphatic rings. The Morgan fingerprint density at radius 2 is 1.78 bits per heavy atom. The molecule has 1 unspecified atom stereocenters. The summed E-state index contributed by atoms with van der Waals surface area (Å²) < 4.78 is 7.28. The summed E-state index contributed by atoms with van der Waals surface area (Å²) in [5, 5.41) is 0.549. The first-order valence-electron chi connectivity index (χ1n) is 13.5. The van der Waals surface area contributed by atoms with Gasteiger partial charge in [-0.25, -0.2) is 4.98 Å². The molecule has 2 aromatic carbocycles. The van der Waals surface area contributed by atoms with Crippen LogP contribution in [-0.4, -0.2) is 34.0 Å². The van der Waals surface area contributed by atoms with Crippen molar-refractivity contribution in [2.75, 3.05) is 13.7 Å². The molecule has 4 rings (SSSR count). The third kappa shape index (κ3) is 5.48. The topological polar surface area (TPSA) is 64.4 Å². The van der Waals surface area contributed by atoms with Gasteiger partial charge in [-0.2, -0.15) is 0 Å². The first-order chi connectivity index (χ1) is 17.6. The predicted molar refractivity (Wildman–Crippen MR) is 145 cm³/mol. The van der Waals surface area contributed by atoms with Gasteiger partial charge in [0.1, 0.15) is 11.6 Å². The van der Waals surface area contributed by atoms with Gasteiger partial charge < -0.3 is 9.64 Å². The van der Waals surface area contributed by atoms with Crippen molar-refractivity contribution in [3.05, 3.63) is 64.7 Å². The van der Waals surface area contributed by atoms with Crippen LogP contribution in [0.25, 0.3) is 16.6 Å². The second kappa shape index (κ2) is 12.2. The Morgan fingerprint density at radius 3 is 2.53 bits per heavy atom. The molecule has 0 aliphatic heterocycles. The van der Waals surface area contributed by atoms with E-state index in [9.17, 15) is 9.59 Å². The summed E-state index contributed by atoms with van der Waals surface area (Å²) in [6, 6.07) is 14.6. The molecule has 0 radical (unpaired) electrons. The lowest BCUT2D eigenvalue weighted by Crippen LogP contribution is -2.41. The van der Waals surface area contributed by atoms with Gasteiger partial charge in [-0.15, -0.1) is 0 Å². The molecule has 192 valence electrons. The number of unbranched alkanes of at least 4 members (excludes halogenated alkanes) is 3. The fraction of sp³-hybridized carbons (Fsp3) is 0.500. The molecule has 1 aromatic heterocycles. The number of hydrogen-bond acceptors (Lipinski definition) is 4. The summed E-state index contributed by atoms with van der Waals surface area (Å²) in [4.78, 5) is 34.8. The minimum absolute atomic E-state index is 0.0549. The van der Waals surface area contributed by atoms with E-state index >= 15 is 0 Å². The van der Waals surface area contributed by atoms with Crippen LogP contribution in [0.4, 0.5) is 0 Å². The van der Waals surface area contributed by atoms with Crippen LogP contribution < -0.4 is 10.3 Å². The molecule has 1 saturated carbocycles. The van der Waals surface area contributed by atoms with Crippen molar-refractivity contribution >= 4 is 16.8 Å². The molecule has 0 saturated heterocycles. The third-order valence-corrected chi connectivity index (χ3v) is 7.46. The summed E-state index contributed by atoms with van der Waals surface area (Å²) in [6.07, 6.45) is 9.64. The molecule has 36 heavy (non-hydrogen) atoms. The zero-order chi connectivity index (χ0) is 25.5. The molecule has 0 N–H and O–H groups in total. The summed E-state index contributed by atoms with van der Waals surface area (Å²) in [6.45, 7) is 4.88. The van der Waals surface area contributed by atoms with Crippen molar-refractivity contribution in [1.29, 1.82) is 0 Å². The van der Waals surface area contributed by atoms with Gasteiger partial charge in [-0.05, 0) is 50.5 Å². The van der Waals surface area contributed by atoms with Crippen LogP contribution in [0.15, 0.2) is 53.3 Å². The molecular weight excluding hydrogens is 450 g/mol. The van der Waals surface area contributed by atoms with Crippen molar-refractivity contribution in [1.82, 2.24) is 14.5 Å². The van der Waals surface area contributed by atoms with E-state index in [-0.39, 0.29) is 23.4 Å². The number of hydrogen-bond donors (Lipinski definition) is 0. The van der Waals surface area contributed by atoms with E-state index in [0.717, 1.165) is 51.4 Å². The van der Waals surface area contributed by atoms with Crippen LogP contribution in [0.5, 0.6) is 5.75 Å². The number of aromatic nitrogens is 2. The zero-order valence-corrected chi connectivity index (χ0v) is 21.9. The number of carbonyl (C=O) groups is 1. The Kier molecular flexibility index (Phi) is 8.79. The van der Waals surface area contributed by atoms with E-state index < -0.39 is 0 Å². The van der Waals surface area contributed by atoms with Crippen molar-refractivity contribution in [3.63, 3.8) is 0 Å². The molecule has 1 fully saturated rings. The van der Waals surface area contributed by atoms with Gasteiger partial charge in [0, 0.05) is 12.5 Å². The standard InChI is InChI=1S/C30H39N3O3/c1-4-5-6-14-21-32(29(34)23-15-8-7-9-16-23)22(2)28-31-25-18-11-10-17-24(25)30(35)33(28)26-19-12-13-20-27(26)36-3/h10-13,17-20,22-23H,4-9,14-16,21H2,1-3H3. The Balaban J connectivity index is 1.83. The molecule has 1 aliphatic carbocycles. The van der Waals surface area contributed by atoms with E-state index in [4.69, 9.17) is 9.72 Å². The van der Waals surface area contributed by atoms with Crippen molar-refractivity contribution in [2.45, 2.75) is 77.7 Å². The number of fused-ring (bicyclic) bond motifs is 1. The molecule has 3 aromatic rings. The first kappa shape index (κ1) is 25.9. The predicted octanol–water partition coefficient (Wildman–Crippen LogP) is 6.44. The van der Waals surface area contributed by atoms with E-state index in [0.29, 0.717) is 34.7 Å². The lowest BCUT2D eigenvalue weighted by molar-refractivity contribution is -0.139. The highest BCUT2D eigenvalue weighted by Crippen LogP contribution is 2.31. The van der Waals surface area contributed by atoms with Gasteiger partial charge in [0.2, 0.25) is 5.91 Å². The zero-order valence-electron chi connectivity index (χ0n) is 21.9. The Labute approximate surface area is 214 Å². The monoisotopic (exact) mass is 489 g/mol. The van der Waals surface area contributed by atoms with E-state index in [1.807, 2.05) is 54.3 Å². The minimum atomic E-state index is -0.358. The molecule has 1 heterocycles. The molecular formula is C30H39N3O3. The number of rotatable bonds is 10. The van der Waals surface area contributed by atoms with Crippen LogP contribution in [0, 0.1) is 5.92 Å². The number of carbonyl (C=O) groups excluding carboxylic acids is 1. The lowest BCUT2D eigenvalue weighted by Gasteiger charge is -2.34. The molecule has 0 spiro atoms. The highest BCUT2D eigenvalue weighted by molar-refractivity contribution is 5.80. The van der Waals surface area contributed by atoms with Crippen LogP contribution in [0.2, 0.25) is 0 Å². The van der Waals surface area contributed by atoms with Crippen LogP contribution in [-0.2, 0) is 4.79 Å². The summed E-state index contributed by atoms with van der Waals surface area (Å²) in [5.41, 5.74) is 1.13. The number of methoxy groups -OCH3 is 1. The van der Waals surface area contributed by atoms with Crippen LogP contribution >= 0.6 is 0 Å². The van der Waals surface area contributed by atoms with Gasteiger partial charge in [-0.3, -0.25) is 14.2 Å². The number of amides is 1. The van der Waals surface area contributed by atoms with Gasteiger partial charge in [0.15, 0.2) is 0 Å². The molecule has 0 bridgehead atoms. The van der Waals surface area contributed by atoms with Gasteiger partial charge >= 0.3 is 0 Å². The van der Waals surface area contributed by atoms with Crippen molar-refractivity contribution < 1.29 is 9.53 Å². The summed E-state index contributed by atoms with van der Waals surface area (Å²) >= 11 is 0. The number of benzene rings is 2. The molecule has 1 atom stereocenters. The molecule has 6 heteroatoms. The van der Waals surface area contributed by atoms with E-state index in [1.165, 1.54) is 6.42 Å². The number of para-hydroxylation sites is 3. The Bertz CT molecular complexity index is 1230. The molecule has 1 amide bonds. The maximum Gasteiger partial charge on any atom is 0.266 e. The normalized spacial score (nSPS) is 15.1. The van der Waals surface area contributed by atoms with Gasteiger partial charge in [0.05, 0.1) is 29.7 Å². The fourth-order valence-electron chi connectivity index (χ4n) is 5.40. The lowest BCUT2D eigenvalue weighted by atomic mass is 9.88. The summed E-state index contributed by atoms with van der Waals surface area (Å²) in [5.74, 6) is 1.42. The maximum absolute atomic E-state index is 13.9. The summed E-state index contributed by atoms with van der Waals surface area (Å²) in [7, 11) is 1.61. The van der Waals surface area contributed by atoms with Gasteiger partial charge in [-0.1, -0.05) is 69.7 Å². The minimum Gasteiger partial charge on any atom is -0.495 e. The van der Waals surface area contributed by atoms with Crippen LogP contribution in [0.1, 0.15) is 83.5 Å². The third-order valence-electron chi connectivity index (χ3n) is 7.46. The highest BCUT2D eigenvalue weighted by atomic mass is 16.5. The van der Waals surface area contributed by atoms with Gasteiger partial charge in [0.25, 0.3) is 5.56 Å². The van der Waals surface area contributed by atoms with E-state index in [2.05, 4.69) is 6.92 Å². The largest absolute Gasteiger partial charge is 0.495 e. The smallest absolute Gasteiger partial charge is 0.266 e. The number of ether oxygens (including phenoxy) is 1. The second-order valence-electron chi connectivity index (χ2n) is 9.90. The van der Waals surface area contributed by atoms with Crippen molar-refractivity contribution in [2.24, 2.45) is 5.92 Å². The maximum atomic E-state index is 13.9. The Morgan fingerprint density at radius 1 is 1.06 bits per heavy atom. The average molecular weight is 490 g/mol. The average Bonchev–Trinajstić information content (AvgIpc) is 2.93. The SMILES string of the molecule is CCCCCCN(C(=O)C1CCCCC1)C(C)c1nc2ccccc2c(=O)n1-c1ccccc1OC. The van der Waals surface area contributed by atoms with Crippen LogP contribution in [0.3, 0.4) is 0 Å². The molecule has 6 nitrogen and oxygen atoms in total. The fourth-order valence-corrected chi connectivity index (χ4v) is 5.40. The number of nitrogens with zero attached hydrogens (tertiary/aromatic N) is 3. The quantitative estimate of drug-likeness (QED) is 0.307. The first-order valence-corrected chi connectivity index (χ1v) is 13.5. The van der Waals surface area contributed by atoms with Crippen molar-refractivity contribution in [3.8, 4) is 11.4 Å².